The van der Waals surface area contributed by atoms with Crippen molar-refractivity contribution in [3.05, 3.63) is 35.4 Å². The van der Waals surface area contributed by atoms with E-state index < -0.39 is 29.1 Å². The topological polar surface area (TPSA) is 116 Å². The second-order valence-electron chi connectivity index (χ2n) is 5.13. The minimum atomic E-state index is -0.779. The van der Waals surface area contributed by atoms with Gasteiger partial charge in [-0.05, 0) is 17.7 Å². The molecule has 1 aliphatic rings. The second-order valence-corrected chi connectivity index (χ2v) is 5.13. The number of rotatable bonds is 2. The minimum Gasteiger partial charge on any atom is -0.507 e. The van der Waals surface area contributed by atoms with Crippen LogP contribution in [0.15, 0.2) is 24.3 Å². The summed E-state index contributed by atoms with van der Waals surface area (Å²) in [7, 11) is 1.41. The third kappa shape index (κ3) is 2.36. The Morgan fingerprint density at radius 2 is 1.83 bits per heavy atom. The predicted octanol–water partition coefficient (Wildman–Crippen LogP) is 2.22. The molecular formula is C16H14O7. The Balaban J connectivity index is 2.04. The summed E-state index contributed by atoms with van der Waals surface area (Å²) in [5.74, 6) is -2.24. The van der Waals surface area contributed by atoms with Crippen molar-refractivity contribution >= 4 is 5.78 Å². The van der Waals surface area contributed by atoms with E-state index in [4.69, 9.17) is 9.47 Å². The highest BCUT2D eigenvalue weighted by Gasteiger charge is 2.34. The summed E-state index contributed by atoms with van der Waals surface area (Å²) < 4.78 is 10.5. The largest absolute Gasteiger partial charge is 0.507 e. The summed E-state index contributed by atoms with van der Waals surface area (Å²) in [6.07, 6.45) is -0.866. The second kappa shape index (κ2) is 5.28. The first kappa shape index (κ1) is 14.8. The van der Waals surface area contributed by atoms with Gasteiger partial charge in [0, 0.05) is 6.07 Å². The SMILES string of the molecule is COc1ccc([C@@H]2CC(=O)c3c(O)cc(O)c(O)c3O2)cc1O. The zero-order valence-corrected chi connectivity index (χ0v) is 12.1. The summed E-state index contributed by atoms with van der Waals surface area (Å²) >= 11 is 0. The van der Waals surface area contributed by atoms with E-state index in [1.807, 2.05) is 0 Å². The predicted molar refractivity (Wildman–Crippen MR) is 78.4 cm³/mol. The van der Waals surface area contributed by atoms with Crippen molar-refractivity contribution in [1.82, 2.24) is 0 Å². The van der Waals surface area contributed by atoms with Gasteiger partial charge in [-0.1, -0.05) is 6.07 Å². The highest BCUT2D eigenvalue weighted by Crippen LogP contribution is 2.49. The first-order chi connectivity index (χ1) is 10.9. The normalized spacial score (nSPS) is 16.6. The fourth-order valence-corrected chi connectivity index (χ4v) is 2.55. The molecule has 1 aliphatic heterocycles. The maximum absolute atomic E-state index is 12.2. The lowest BCUT2D eigenvalue weighted by Crippen LogP contribution is -2.20. The molecule has 2 aromatic rings. The third-order valence-corrected chi connectivity index (χ3v) is 3.70. The number of ketones is 1. The Kier molecular flexibility index (Phi) is 3.40. The van der Waals surface area contributed by atoms with Gasteiger partial charge >= 0.3 is 0 Å². The van der Waals surface area contributed by atoms with Crippen LogP contribution in [0.2, 0.25) is 0 Å². The van der Waals surface area contributed by atoms with Gasteiger partial charge in [0.15, 0.2) is 28.8 Å². The molecule has 3 rings (SSSR count). The van der Waals surface area contributed by atoms with Crippen molar-refractivity contribution in [2.45, 2.75) is 12.5 Å². The fraction of sp³-hybridized carbons (Fsp3) is 0.188. The molecule has 1 atom stereocenters. The number of ether oxygens (including phenoxy) is 2. The van der Waals surface area contributed by atoms with Gasteiger partial charge in [0.1, 0.15) is 17.4 Å². The molecule has 0 bridgehead atoms. The van der Waals surface area contributed by atoms with Crippen LogP contribution >= 0.6 is 0 Å². The molecular weight excluding hydrogens is 304 g/mol. The lowest BCUT2D eigenvalue weighted by atomic mass is 9.95. The average molecular weight is 318 g/mol. The van der Waals surface area contributed by atoms with Gasteiger partial charge in [-0.3, -0.25) is 4.79 Å². The number of carbonyl (C=O) groups excluding carboxylic acids is 1. The molecule has 4 N–H and O–H groups in total. The highest BCUT2D eigenvalue weighted by atomic mass is 16.5. The lowest BCUT2D eigenvalue weighted by Gasteiger charge is -2.27. The van der Waals surface area contributed by atoms with Gasteiger partial charge in [-0.2, -0.15) is 0 Å². The number of fused-ring (bicyclic) bond motifs is 1. The van der Waals surface area contributed by atoms with Crippen LogP contribution in [0.1, 0.15) is 28.4 Å². The number of phenols is 4. The molecule has 0 unspecified atom stereocenters. The summed E-state index contributed by atoms with van der Waals surface area (Å²) in [5, 5.41) is 39.0. The smallest absolute Gasteiger partial charge is 0.201 e. The summed E-state index contributed by atoms with van der Waals surface area (Å²) in [4.78, 5) is 12.2. The Labute approximate surface area is 131 Å². The van der Waals surface area contributed by atoms with Crippen LogP contribution in [-0.4, -0.2) is 33.3 Å². The van der Waals surface area contributed by atoms with Gasteiger partial charge < -0.3 is 29.9 Å². The number of hydrogen-bond acceptors (Lipinski definition) is 7. The number of hydrogen-bond donors (Lipinski definition) is 4. The van der Waals surface area contributed by atoms with Crippen LogP contribution in [-0.2, 0) is 0 Å². The molecule has 7 nitrogen and oxygen atoms in total. The molecule has 0 saturated heterocycles. The number of benzene rings is 2. The quantitative estimate of drug-likeness (QED) is 0.495. The van der Waals surface area contributed by atoms with E-state index in [9.17, 15) is 25.2 Å². The van der Waals surface area contributed by atoms with E-state index in [0.717, 1.165) is 6.07 Å². The van der Waals surface area contributed by atoms with Crippen LogP contribution in [0.5, 0.6) is 34.5 Å². The average Bonchev–Trinajstić information content (AvgIpc) is 2.51. The van der Waals surface area contributed by atoms with Crippen molar-refractivity contribution in [2.24, 2.45) is 0 Å². The number of phenolic OH excluding ortho intramolecular Hbond substituents is 4. The maximum atomic E-state index is 12.2. The highest BCUT2D eigenvalue weighted by molar-refractivity contribution is 6.03. The van der Waals surface area contributed by atoms with Gasteiger partial charge in [-0.15, -0.1) is 0 Å². The van der Waals surface area contributed by atoms with Crippen LogP contribution in [0.25, 0.3) is 0 Å². The van der Waals surface area contributed by atoms with E-state index in [0.29, 0.717) is 5.56 Å². The van der Waals surface area contributed by atoms with E-state index in [2.05, 4.69) is 0 Å². The zero-order chi connectivity index (χ0) is 16.7. The van der Waals surface area contributed by atoms with Crippen molar-refractivity contribution in [1.29, 1.82) is 0 Å². The minimum absolute atomic E-state index is 0.0868. The number of methoxy groups -OCH3 is 1. The molecule has 1 heterocycles. The molecule has 0 fully saturated rings. The third-order valence-electron chi connectivity index (χ3n) is 3.70. The molecule has 7 heteroatoms. The van der Waals surface area contributed by atoms with Gasteiger partial charge in [0.2, 0.25) is 5.75 Å². The van der Waals surface area contributed by atoms with Crippen LogP contribution in [0, 0.1) is 0 Å². The maximum Gasteiger partial charge on any atom is 0.201 e. The van der Waals surface area contributed by atoms with Crippen LogP contribution in [0.4, 0.5) is 0 Å². The molecule has 0 amide bonds. The molecule has 0 aromatic heterocycles. The first-order valence-corrected chi connectivity index (χ1v) is 6.77. The summed E-state index contributed by atoms with van der Waals surface area (Å²) in [5.41, 5.74) is 0.318. The molecule has 0 radical (unpaired) electrons. The fourth-order valence-electron chi connectivity index (χ4n) is 2.55. The Morgan fingerprint density at radius 1 is 1.09 bits per heavy atom. The summed E-state index contributed by atoms with van der Waals surface area (Å²) in [6.45, 7) is 0. The van der Waals surface area contributed by atoms with Gasteiger partial charge in [0.05, 0.1) is 13.5 Å². The Morgan fingerprint density at radius 3 is 2.48 bits per heavy atom. The van der Waals surface area contributed by atoms with E-state index in [-0.39, 0.29) is 29.2 Å². The number of Topliss-reactive ketones (excluding diaryl/α,β-unsaturated/α-hetero) is 1. The van der Waals surface area contributed by atoms with Crippen molar-refractivity contribution in [2.75, 3.05) is 7.11 Å². The van der Waals surface area contributed by atoms with E-state index in [1.165, 1.54) is 19.2 Å². The van der Waals surface area contributed by atoms with Crippen molar-refractivity contribution < 1.29 is 34.7 Å². The van der Waals surface area contributed by atoms with Crippen LogP contribution in [0.3, 0.4) is 0 Å². The molecule has 2 aromatic carbocycles. The van der Waals surface area contributed by atoms with Gasteiger partial charge in [0.25, 0.3) is 0 Å². The van der Waals surface area contributed by atoms with Crippen LogP contribution < -0.4 is 9.47 Å². The Hall–Kier alpha value is -3.09. The monoisotopic (exact) mass is 318 g/mol. The van der Waals surface area contributed by atoms with E-state index >= 15 is 0 Å². The number of carbonyl (C=O) groups is 1. The molecule has 120 valence electrons. The molecule has 0 saturated carbocycles. The Bertz CT molecular complexity index is 798. The molecule has 0 spiro atoms. The standard InChI is InChI=1S/C16H14O7/c1-22-12-3-2-7(4-8(12)17)13-6-10(19)14-9(18)5-11(20)15(21)16(14)23-13/h2-5,13,17-18,20-21H,6H2,1H3/t13-/m0/s1. The lowest BCUT2D eigenvalue weighted by molar-refractivity contribution is 0.0836. The van der Waals surface area contributed by atoms with E-state index in [1.54, 1.807) is 6.07 Å². The van der Waals surface area contributed by atoms with Crippen molar-refractivity contribution in [3.63, 3.8) is 0 Å². The molecule has 0 aliphatic carbocycles. The van der Waals surface area contributed by atoms with Gasteiger partial charge in [-0.25, -0.2) is 0 Å². The zero-order valence-electron chi connectivity index (χ0n) is 12.1. The summed E-state index contributed by atoms with van der Waals surface area (Å²) in [6, 6.07) is 5.41. The first-order valence-electron chi connectivity index (χ1n) is 6.77. The number of aromatic hydroxyl groups is 4. The molecule has 23 heavy (non-hydrogen) atoms. The van der Waals surface area contributed by atoms with Crippen molar-refractivity contribution in [3.8, 4) is 34.5 Å².